The number of benzene rings is 2. The van der Waals surface area contributed by atoms with Crippen LogP contribution in [0.15, 0.2) is 48.5 Å². The maximum Gasteiger partial charge on any atom is 0.239 e. The summed E-state index contributed by atoms with van der Waals surface area (Å²) in [6, 6.07) is 13.7. The lowest BCUT2D eigenvalue weighted by atomic mass is 10.1. The zero-order chi connectivity index (χ0) is 19.4. The van der Waals surface area contributed by atoms with E-state index in [0.717, 1.165) is 5.56 Å². The molecule has 5 nitrogen and oxygen atoms in total. The Hall–Kier alpha value is -2.15. The highest BCUT2D eigenvalue weighted by molar-refractivity contribution is 5.94. The minimum Gasteiger partial charge on any atom is -0.366 e. The summed E-state index contributed by atoms with van der Waals surface area (Å²) in [5, 5.41) is 0. The molecule has 1 saturated heterocycles. The first-order chi connectivity index (χ1) is 13.0. The number of ketones is 1. The summed E-state index contributed by atoms with van der Waals surface area (Å²) in [6.45, 7) is 3.46. The average molecular weight is 442 g/mol. The van der Waals surface area contributed by atoms with Crippen LogP contribution in [0.1, 0.15) is 22.8 Å². The van der Waals surface area contributed by atoms with Gasteiger partial charge in [0.1, 0.15) is 5.82 Å². The number of anilines is 1. The van der Waals surface area contributed by atoms with Crippen LogP contribution in [-0.4, -0.2) is 48.8 Å². The van der Waals surface area contributed by atoms with Crippen LogP contribution in [-0.2, 0) is 11.2 Å². The topological polar surface area (TPSA) is 66.6 Å². The lowest BCUT2D eigenvalue weighted by molar-refractivity contribution is -0.132. The Bertz CT molecular complexity index is 828. The molecule has 0 aliphatic carbocycles. The SMILES string of the molecule is CC(=O)c1ccc(N2CCN(C(=O)C(N)Cc3ccccc3)CC2)c(F)c1.Cl.Cl. The molecule has 0 aromatic heterocycles. The van der Waals surface area contributed by atoms with Crippen LogP contribution < -0.4 is 10.6 Å². The second-order valence-electron chi connectivity index (χ2n) is 6.83. The number of hydrogen-bond donors (Lipinski definition) is 1. The standard InChI is InChI=1S/C21H24FN3O2.2ClH/c1-15(26)17-7-8-20(18(22)14-17)24-9-11-25(12-10-24)21(27)19(23)13-16-5-3-2-4-6-16;;/h2-8,14,19H,9-13,23H2,1H3;2*1H. The van der Waals surface area contributed by atoms with Gasteiger partial charge in [-0.15, -0.1) is 24.8 Å². The Balaban J connectivity index is 0.00000210. The lowest BCUT2D eigenvalue weighted by Crippen LogP contribution is -2.53. The van der Waals surface area contributed by atoms with Gasteiger partial charge in [-0.25, -0.2) is 4.39 Å². The van der Waals surface area contributed by atoms with Crippen LogP contribution in [0.3, 0.4) is 0 Å². The van der Waals surface area contributed by atoms with Crippen molar-refractivity contribution in [1.29, 1.82) is 0 Å². The number of piperazine rings is 1. The summed E-state index contributed by atoms with van der Waals surface area (Å²) in [4.78, 5) is 27.6. The van der Waals surface area contributed by atoms with Gasteiger partial charge in [-0.3, -0.25) is 9.59 Å². The summed E-state index contributed by atoms with van der Waals surface area (Å²) in [7, 11) is 0. The number of carbonyl (C=O) groups excluding carboxylic acids is 2. The molecule has 2 aromatic rings. The summed E-state index contributed by atoms with van der Waals surface area (Å²) in [6.07, 6.45) is 0.501. The lowest BCUT2D eigenvalue weighted by Gasteiger charge is -2.37. The molecule has 1 unspecified atom stereocenters. The molecule has 2 N–H and O–H groups in total. The van der Waals surface area contributed by atoms with Crippen LogP contribution in [0.4, 0.5) is 10.1 Å². The molecule has 1 amide bonds. The van der Waals surface area contributed by atoms with Crippen molar-refractivity contribution in [2.75, 3.05) is 31.1 Å². The fraction of sp³-hybridized carbons (Fsp3) is 0.333. The molecule has 0 radical (unpaired) electrons. The minimum atomic E-state index is -0.578. The van der Waals surface area contributed by atoms with Crippen molar-refractivity contribution in [2.24, 2.45) is 5.73 Å². The highest BCUT2D eigenvalue weighted by Crippen LogP contribution is 2.22. The highest BCUT2D eigenvalue weighted by Gasteiger charge is 2.26. The van der Waals surface area contributed by atoms with E-state index in [1.54, 1.807) is 17.0 Å². The van der Waals surface area contributed by atoms with E-state index in [0.29, 0.717) is 43.9 Å². The molecular formula is C21H26Cl2FN3O2. The van der Waals surface area contributed by atoms with Crippen molar-refractivity contribution < 1.29 is 14.0 Å². The number of nitrogens with two attached hydrogens (primary N) is 1. The van der Waals surface area contributed by atoms with Crippen LogP contribution in [0.5, 0.6) is 0 Å². The Morgan fingerprint density at radius 1 is 1.03 bits per heavy atom. The molecule has 29 heavy (non-hydrogen) atoms. The molecule has 0 spiro atoms. The van der Waals surface area contributed by atoms with Crippen LogP contribution >= 0.6 is 24.8 Å². The van der Waals surface area contributed by atoms with Gasteiger partial charge in [0.25, 0.3) is 0 Å². The van der Waals surface area contributed by atoms with Gasteiger partial charge in [0.05, 0.1) is 11.7 Å². The molecule has 1 fully saturated rings. The summed E-state index contributed by atoms with van der Waals surface area (Å²) < 4.78 is 14.3. The van der Waals surface area contributed by atoms with Crippen molar-refractivity contribution in [3.63, 3.8) is 0 Å². The third-order valence-electron chi connectivity index (χ3n) is 4.90. The summed E-state index contributed by atoms with van der Waals surface area (Å²) in [5.41, 5.74) is 7.95. The quantitative estimate of drug-likeness (QED) is 0.723. The van der Waals surface area contributed by atoms with E-state index < -0.39 is 11.9 Å². The van der Waals surface area contributed by atoms with Crippen molar-refractivity contribution >= 4 is 42.2 Å². The molecule has 1 aliphatic rings. The molecule has 3 rings (SSSR count). The average Bonchev–Trinajstić information content (AvgIpc) is 2.68. The Morgan fingerprint density at radius 2 is 1.66 bits per heavy atom. The monoisotopic (exact) mass is 441 g/mol. The van der Waals surface area contributed by atoms with E-state index in [1.807, 2.05) is 35.2 Å². The van der Waals surface area contributed by atoms with Gasteiger partial charge in [-0.2, -0.15) is 0 Å². The maximum absolute atomic E-state index is 14.3. The molecule has 1 aliphatic heterocycles. The molecule has 0 saturated carbocycles. The second-order valence-corrected chi connectivity index (χ2v) is 6.83. The van der Waals surface area contributed by atoms with Gasteiger partial charge in [0.15, 0.2) is 5.78 Å². The van der Waals surface area contributed by atoms with Crippen LogP contribution in [0.2, 0.25) is 0 Å². The first kappa shape index (κ1) is 24.9. The van der Waals surface area contributed by atoms with Gasteiger partial charge in [0.2, 0.25) is 5.91 Å². The summed E-state index contributed by atoms with van der Waals surface area (Å²) >= 11 is 0. The number of halogens is 3. The number of amides is 1. The third kappa shape index (κ3) is 6.16. The Kier molecular flexibility index (Phi) is 9.56. The van der Waals surface area contributed by atoms with E-state index in [2.05, 4.69) is 0 Å². The largest absolute Gasteiger partial charge is 0.366 e. The van der Waals surface area contributed by atoms with E-state index in [1.165, 1.54) is 13.0 Å². The minimum absolute atomic E-state index is 0. The van der Waals surface area contributed by atoms with E-state index in [-0.39, 0.29) is 36.5 Å². The van der Waals surface area contributed by atoms with E-state index in [9.17, 15) is 14.0 Å². The number of hydrogen-bond acceptors (Lipinski definition) is 4. The third-order valence-corrected chi connectivity index (χ3v) is 4.90. The van der Waals surface area contributed by atoms with Crippen molar-refractivity contribution in [3.8, 4) is 0 Å². The van der Waals surface area contributed by atoms with E-state index in [4.69, 9.17) is 5.73 Å². The van der Waals surface area contributed by atoms with Gasteiger partial charge in [-0.05, 0) is 37.1 Å². The van der Waals surface area contributed by atoms with Crippen LogP contribution in [0, 0.1) is 5.82 Å². The zero-order valence-corrected chi connectivity index (χ0v) is 17.8. The fourth-order valence-corrected chi connectivity index (χ4v) is 3.34. The molecule has 158 valence electrons. The van der Waals surface area contributed by atoms with Crippen molar-refractivity contribution in [1.82, 2.24) is 4.90 Å². The van der Waals surface area contributed by atoms with Gasteiger partial charge < -0.3 is 15.5 Å². The second kappa shape index (κ2) is 11.1. The Labute approximate surface area is 182 Å². The first-order valence-corrected chi connectivity index (χ1v) is 9.09. The van der Waals surface area contributed by atoms with Gasteiger partial charge >= 0.3 is 0 Å². The molecule has 1 heterocycles. The number of nitrogens with zero attached hydrogens (tertiary/aromatic N) is 2. The number of rotatable bonds is 5. The molecule has 1 atom stereocenters. The zero-order valence-electron chi connectivity index (χ0n) is 16.2. The van der Waals surface area contributed by atoms with Gasteiger partial charge in [0, 0.05) is 31.7 Å². The van der Waals surface area contributed by atoms with Crippen molar-refractivity contribution in [2.45, 2.75) is 19.4 Å². The predicted octanol–water partition coefficient (Wildman–Crippen LogP) is 3.09. The van der Waals surface area contributed by atoms with Crippen LogP contribution in [0.25, 0.3) is 0 Å². The maximum atomic E-state index is 14.3. The van der Waals surface area contributed by atoms with Crippen molar-refractivity contribution in [3.05, 3.63) is 65.5 Å². The molecular weight excluding hydrogens is 416 g/mol. The fourth-order valence-electron chi connectivity index (χ4n) is 3.34. The summed E-state index contributed by atoms with van der Waals surface area (Å²) in [5.74, 6) is -0.655. The number of Topliss-reactive ketones (excluding diaryl/α,β-unsaturated/α-hetero) is 1. The molecule has 0 bridgehead atoms. The normalized spacial score (nSPS) is 14.4. The smallest absolute Gasteiger partial charge is 0.239 e. The molecule has 8 heteroatoms. The number of carbonyl (C=O) groups is 2. The van der Waals surface area contributed by atoms with E-state index >= 15 is 0 Å². The molecule has 2 aromatic carbocycles. The highest BCUT2D eigenvalue weighted by atomic mass is 35.5. The predicted molar refractivity (Wildman–Crippen MR) is 118 cm³/mol. The Morgan fingerprint density at radius 3 is 2.21 bits per heavy atom. The van der Waals surface area contributed by atoms with Gasteiger partial charge in [-0.1, -0.05) is 30.3 Å². The first-order valence-electron chi connectivity index (χ1n) is 9.09.